The number of ether oxygens (including phenoxy) is 2. The van der Waals surface area contributed by atoms with Gasteiger partial charge in [-0.3, -0.25) is 4.79 Å². The highest BCUT2D eigenvalue weighted by atomic mass is 79.9. The monoisotopic (exact) mass is 641 g/mol. The maximum Gasteiger partial charge on any atom is 0.214 e. The Bertz CT molecular complexity index is 1830. The summed E-state index contributed by atoms with van der Waals surface area (Å²) >= 11 is 3.53. The van der Waals surface area contributed by atoms with E-state index in [4.69, 9.17) is 15.2 Å². The number of carbonyl (C=O) groups excluding carboxylic acids is 1. The van der Waals surface area contributed by atoms with Gasteiger partial charge in [0.1, 0.15) is 30.1 Å². The average molecular weight is 643 g/mol. The van der Waals surface area contributed by atoms with Crippen LogP contribution in [-0.2, 0) is 11.5 Å². The lowest BCUT2D eigenvalue weighted by molar-refractivity contribution is 0.0842. The topological polar surface area (TPSA) is 108 Å². The fraction of sp³-hybridized carbons (Fsp3) is 0.219. The molecule has 0 aliphatic heterocycles. The van der Waals surface area contributed by atoms with Crippen LogP contribution in [0.5, 0.6) is 11.5 Å². The molecule has 2 aromatic heterocycles. The number of rotatable bonds is 10. The van der Waals surface area contributed by atoms with Gasteiger partial charge < -0.3 is 19.8 Å². The number of nitrogen functional groups attached to an aromatic ring is 1. The zero-order chi connectivity index (χ0) is 30.0. The van der Waals surface area contributed by atoms with Gasteiger partial charge in [-0.25, -0.2) is 4.68 Å². The number of nitrogens with zero attached hydrogens (tertiary/aromatic N) is 4. The van der Waals surface area contributed by atoms with Gasteiger partial charge >= 0.3 is 0 Å². The quantitative estimate of drug-likeness (QED) is 0.0951. The van der Waals surface area contributed by atoms with Crippen LogP contribution in [0.25, 0.3) is 16.6 Å². The second-order valence-electron chi connectivity index (χ2n) is 11.4. The number of ketones is 1. The zero-order valence-electron chi connectivity index (χ0n) is 24.0. The zero-order valence-corrected chi connectivity index (χ0v) is 26.6. The number of nitriles is 1. The molecule has 0 saturated heterocycles. The van der Waals surface area contributed by atoms with Crippen LogP contribution < -0.4 is 10.5 Å². The van der Waals surface area contributed by atoms with E-state index < -0.39 is 8.07 Å². The molecule has 0 fully saturated rings. The number of benzene rings is 3. The molecule has 214 valence electrons. The summed E-state index contributed by atoms with van der Waals surface area (Å²) in [6, 6.07) is 23.5. The van der Waals surface area contributed by atoms with Crippen molar-refractivity contribution >= 4 is 46.5 Å². The van der Waals surface area contributed by atoms with Crippen molar-refractivity contribution < 1.29 is 14.3 Å². The molecule has 2 N–H and O–H groups in total. The molecule has 5 rings (SSSR count). The SMILES string of the molecule is Cc1cc(Oc2ccccc2C#N)ccc1-n1ncc(C(=O)c2cc3cc(Br)ccc3n2COCC[Si](C)(C)C)c1N. The minimum absolute atomic E-state index is 0.231. The van der Waals surface area contributed by atoms with Crippen molar-refractivity contribution in [2.75, 3.05) is 12.3 Å². The van der Waals surface area contributed by atoms with E-state index in [1.807, 2.05) is 54.0 Å². The van der Waals surface area contributed by atoms with Crippen molar-refractivity contribution in [3.63, 3.8) is 0 Å². The molecule has 0 aliphatic carbocycles. The minimum Gasteiger partial charge on any atom is -0.456 e. The van der Waals surface area contributed by atoms with Crippen molar-refractivity contribution in [3.05, 3.63) is 99.8 Å². The molecule has 8 nitrogen and oxygen atoms in total. The van der Waals surface area contributed by atoms with Gasteiger partial charge in [-0.2, -0.15) is 10.4 Å². The Morgan fingerprint density at radius 2 is 1.88 bits per heavy atom. The minimum atomic E-state index is -1.25. The molecule has 2 heterocycles. The van der Waals surface area contributed by atoms with Crippen molar-refractivity contribution in [3.8, 4) is 23.3 Å². The second-order valence-corrected chi connectivity index (χ2v) is 17.9. The molecule has 0 saturated carbocycles. The molecule has 0 bridgehead atoms. The molecule has 0 amide bonds. The molecule has 42 heavy (non-hydrogen) atoms. The molecular formula is C32H32BrN5O3Si. The summed E-state index contributed by atoms with van der Waals surface area (Å²) in [6.45, 7) is 9.74. The average Bonchev–Trinajstić information content (AvgIpc) is 3.50. The van der Waals surface area contributed by atoms with Crippen molar-refractivity contribution in [1.82, 2.24) is 14.3 Å². The Morgan fingerprint density at radius 3 is 2.62 bits per heavy atom. The first kappa shape index (κ1) is 29.3. The molecule has 5 aromatic rings. The maximum absolute atomic E-state index is 13.9. The number of anilines is 1. The van der Waals surface area contributed by atoms with Crippen LogP contribution in [0, 0.1) is 18.3 Å². The molecule has 0 atom stereocenters. The third kappa shape index (κ3) is 6.18. The summed E-state index contributed by atoms with van der Waals surface area (Å²) in [7, 11) is -1.25. The van der Waals surface area contributed by atoms with Gasteiger partial charge in [0, 0.05) is 24.5 Å². The largest absolute Gasteiger partial charge is 0.456 e. The van der Waals surface area contributed by atoms with Gasteiger partial charge in [0.05, 0.1) is 34.2 Å². The third-order valence-electron chi connectivity index (χ3n) is 7.00. The van der Waals surface area contributed by atoms with Crippen LogP contribution in [0.3, 0.4) is 0 Å². The first-order valence-electron chi connectivity index (χ1n) is 13.6. The summed E-state index contributed by atoms with van der Waals surface area (Å²) in [6.07, 6.45) is 1.51. The van der Waals surface area contributed by atoms with Crippen LogP contribution in [0.15, 0.2) is 77.4 Å². The predicted molar refractivity (Wildman–Crippen MR) is 171 cm³/mol. The van der Waals surface area contributed by atoms with Crippen LogP contribution in [-0.4, -0.2) is 34.8 Å². The maximum atomic E-state index is 13.9. The number of halogens is 1. The number of aryl methyl sites for hydroxylation is 1. The highest BCUT2D eigenvalue weighted by Gasteiger charge is 2.23. The Morgan fingerprint density at radius 1 is 1.10 bits per heavy atom. The Hall–Kier alpha value is -4.17. The van der Waals surface area contributed by atoms with Gasteiger partial charge in [0.25, 0.3) is 0 Å². The van der Waals surface area contributed by atoms with E-state index in [2.05, 4.69) is 46.7 Å². The van der Waals surface area contributed by atoms with Crippen LogP contribution in [0.4, 0.5) is 5.82 Å². The van der Waals surface area contributed by atoms with Gasteiger partial charge in [-0.05, 0) is 73.1 Å². The van der Waals surface area contributed by atoms with E-state index in [0.717, 1.165) is 27.0 Å². The van der Waals surface area contributed by atoms with Gasteiger partial charge in [0.15, 0.2) is 0 Å². The number of para-hydroxylation sites is 1. The molecule has 0 unspecified atom stereocenters. The van der Waals surface area contributed by atoms with Crippen LogP contribution in [0.2, 0.25) is 25.7 Å². The Labute approximate surface area is 254 Å². The lowest BCUT2D eigenvalue weighted by Crippen LogP contribution is -2.22. The van der Waals surface area contributed by atoms with E-state index >= 15 is 0 Å². The number of nitrogens with two attached hydrogens (primary N) is 1. The first-order chi connectivity index (χ1) is 20.1. The highest BCUT2D eigenvalue weighted by Crippen LogP contribution is 2.31. The fourth-order valence-corrected chi connectivity index (χ4v) is 5.81. The van der Waals surface area contributed by atoms with Crippen molar-refractivity contribution in [2.24, 2.45) is 0 Å². The standard InChI is InChI=1S/C32H32BrN5O3Si/c1-21-15-25(41-30-8-6-5-7-22(30)18-34)10-12-27(21)38-32(35)26(19-36-38)31(39)29-17-23-16-24(33)9-11-28(23)37(29)20-40-13-14-42(2,3)4/h5-12,15-17,19H,13-14,20,35H2,1-4H3. The van der Waals surface area contributed by atoms with Crippen LogP contribution >= 0.6 is 15.9 Å². The molecule has 0 spiro atoms. The Balaban J connectivity index is 1.43. The summed E-state index contributed by atoms with van der Waals surface area (Å²) in [5.74, 6) is 1.06. The smallest absolute Gasteiger partial charge is 0.214 e. The second kappa shape index (κ2) is 12.0. The van der Waals surface area contributed by atoms with E-state index in [9.17, 15) is 10.1 Å². The normalized spacial score (nSPS) is 11.5. The number of hydrogen-bond acceptors (Lipinski definition) is 6. The Kier molecular flexibility index (Phi) is 8.36. The molecule has 3 aromatic carbocycles. The van der Waals surface area contributed by atoms with Crippen LogP contribution in [0.1, 0.15) is 27.2 Å². The van der Waals surface area contributed by atoms with E-state index in [-0.39, 0.29) is 18.3 Å². The molecule has 10 heteroatoms. The molecule has 0 radical (unpaired) electrons. The van der Waals surface area contributed by atoms with Gasteiger partial charge in [-0.1, -0.05) is 47.7 Å². The van der Waals surface area contributed by atoms with Crippen molar-refractivity contribution in [2.45, 2.75) is 39.3 Å². The number of aromatic nitrogens is 3. The lowest BCUT2D eigenvalue weighted by atomic mass is 10.1. The lowest BCUT2D eigenvalue weighted by Gasteiger charge is -2.16. The fourth-order valence-electron chi connectivity index (χ4n) is 4.67. The van der Waals surface area contributed by atoms with Gasteiger partial charge in [0.2, 0.25) is 5.78 Å². The number of carbonyl (C=O) groups is 1. The first-order valence-corrected chi connectivity index (χ1v) is 18.1. The number of hydrogen-bond donors (Lipinski definition) is 1. The molecule has 0 aliphatic rings. The highest BCUT2D eigenvalue weighted by molar-refractivity contribution is 9.10. The summed E-state index contributed by atoms with van der Waals surface area (Å²) in [4.78, 5) is 13.9. The van der Waals surface area contributed by atoms with E-state index in [1.54, 1.807) is 28.9 Å². The van der Waals surface area contributed by atoms with E-state index in [1.165, 1.54) is 6.20 Å². The predicted octanol–water partition coefficient (Wildman–Crippen LogP) is 7.69. The van der Waals surface area contributed by atoms with E-state index in [0.29, 0.717) is 40.6 Å². The molecular weight excluding hydrogens is 610 g/mol. The summed E-state index contributed by atoms with van der Waals surface area (Å²) in [5, 5.41) is 14.8. The number of fused-ring (bicyclic) bond motifs is 1. The summed E-state index contributed by atoms with van der Waals surface area (Å²) < 4.78 is 16.4. The van der Waals surface area contributed by atoms with Gasteiger partial charge in [-0.15, -0.1) is 0 Å². The third-order valence-corrected chi connectivity index (χ3v) is 9.19. The summed E-state index contributed by atoms with van der Waals surface area (Å²) in [5.41, 5.74) is 10.3. The van der Waals surface area contributed by atoms with Crippen molar-refractivity contribution in [1.29, 1.82) is 5.26 Å².